The smallest absolute Gasteiger partial charge is 0.325 e. The number of aryl methyl sites for hydroxylation is 1. The van der Waals surface area contributed by atoms with Gasteiger partial charge in [-0.1, -0.05) is 30.3 Å². The molecule has 2 saturated heterocycles. The number of nitrogens with one attached hydrogen (secondary N) is 1. The van der Waals surface area contributed by atoms with Crippen molar-refractivity contribution >= 4 is 17.8 Å². The Morgan fingerprint density at radius 2 is 1.78 bits per heavy atom. The second-order valence-electron chi connectivity index (χ2n) is 9.84. The number of nitrogens with zero attached hydrogens (tertiary/aromatic N) is 3. The van der Waals surface area contributed by atoms with E-state index in [0.717, 1.165) is 23.8 Å². The number of hydrogen-bond donors (Lipinski definition) is 1. The van der Waals surface area contributed by atoms with Gasteiger partial charge in [0, 0.05) is 26.2 Å². The van der Waals surface area contributed by atoms with Gasteiger partial charge in [0.05, 0.1) is 5.56 Å². The Bertz CT molecular complexity index is 1120. The van der Waals surface area contributed by atoms with Gasteiger partial charge in [0.2, 0.25) is 0 Å². The maximum atomic E-state index is 14.2. The third-order valence-electron chi connectivity index (χ3n) is 7.26. The van der Waals surface area contributed by atoms with E-state index in [9.17, 15) is 23.2 Å². The molecule has 2 aromatic carbocycles. The summed E-state index contributed by atoms with van der Waals surface area (Å²) < 4.78 is 27.8. The number of carbonyl (C=O) groups excluding carboxylic acids is 3. The van der Waals surface area contributed by atoms with Gasteiger partial charge in [-0.05, 0) is 69.5 Å². The largest absolute Gasteiger partial charge is 0.339 e. The lowest BCUT2D eigenvalue weighted by molar-refractivity contribution is -0.134. The lowest BCUT2D eigenvalue weighted by atomic mass is 9.74. The zero-order valence-electron chi connectivity index (χ0n) is 20.7. The average molecular weight is 499 g/mol. The van der Waals surface area contributed by atoms with Crippen molar-refractivity contribution in [1.29, 1.82) is 0 Å². The van der Waals surface area contributed by atoms with Crippen LogP contribution in [0.2, 0.25) is 0 Å². The topological polar surface area (TPSA) is 73.0 Å². The van der Waals surface area contributed by atoms with Crippen LogP contribution < -0.4 is 5.32 Å². The first-order chi connectivity index (χ1) is 17.2. The van der Waals surface area contributed by atoms with E-state index in [1.807, 2.05) is 49.3 Å². The number of piperidine rings is 1. The Hall–Kier alpha value is -3.33. The fourth-order valence-corrected chi connectivity index (χ4v) is 5.19. The molecule has 4 amide bonds. The standard InChI is InChI=1S/C27H32F2N4O3/c1-31(2)16-17-33-25(35)27(30-26(33)36,13-10-19-6-4-3-5-7-19)20-11-14-32(15-12-20)24(34)22-18-21(28)8-9-23(22)29/h3-9,18,20H,10-17H2,1-2H3,(H,30,36). The van der Waals surface area contributed by atoms with E-state index in [0.29, 0.717) is 38.8 Å². The van der Waals surface area contributed by atoms with E-state index in [2.05, 4.69) is 5.32 Å². The molecule has 2 fully saturated rings. The Balaban J connectivity index is 1.52. The summed E-state index contributed by atoms with van der Waals surface area (Å²) >= 11 is 0. The van der Waals surface area contributed by atoms with E-state index in [-0.39, 0.29) is 30.5 Å². The highest BCUT2D eigenvalue weighted by Crippen LogP contribution is 2.37. The predicted molar refractivity (Wildman–Crippen MR) is 131 cm³/mol. The molecule has 7 nitrogen and oxygen atoms in total. The minimum absolute atomic E-state index is 0.191. The second-order valence-corrected chi connectivity index (χ2v) is 9.84. The predicted octanol–water partition coefficient (Wildman–Crippen LogP) is 3.30. The van der Waals surface area contributed by atoms with Crippen LogP contribution in [0.4, 0.5) is 13.6 Å². The summed E-state index contributed by atoms with van der Waals surface area (Å²) in [7, 11) is 3.77. The molecule has 36 heavy (non-hydrogen) atoms. The molecule has 1 N–H and O–H groups in total. The molecular weight excluding hydrogens is 466 g/mol. The van der Waals surface area contributed by atoms with E-state index in [1.54, 1.807) is 0 Å². The molecule has 4 rings (SSSR count). The summed E-state index contributed by atoms with van der Waals surface area (Å²) in [6.07, 6.45) is 1.98. The number of imide groups is 1. The summed E-state index contributed by atoms with van der Waals surface area (Å²) in [5.74, 6) is -2.43. The van der Waals surface area contributed by atoms with Crippen molar-refractivity contribution < 1.29 is 23.2 Å². The number of halogens is 2. The third kappa shape index (κ3) is 5.26. The number of amides is 4. The van der Waals surface area contributed by atoms with Gasteiger partial charge < -0.3 is 15.1 Å². The summed E-state index contributed by atoms with van der Waals surface area (Å²) in [6.45, 7) is 1.42. The van der Waals surface area contributed by atoms with E-state index < -0.39 is 29.1 Å². The van der Waals surface area contributed by atoms with Crippen molar-refractivity contribution in [1.82, 2.24) is 20.0 Å². The summed E-state index contributed by atoms with van der Waals surface area (Å²) in [5, 5.41) is 3.03. The number of likely N-dealkylation sites (tertiary alicyclic amines) is 1. The molecule has 0 spiro atoms. The van der Waals surface area contributed by atoms with Gasteiger partial charge in [-0.2, -0.15) is 0 Å². The van der Waals surface area contributed by atoms with Crippen molar-refractivity contribution in [3.05, 3.63) is 71.3 Å². The third-order valence-corrected chi connectivity index (χ3v) is 7.26. The summed E-state index contributed by atoms with van der Waals surface area (Å²) in [5.41, 5.74) is -0.300. The molecule has 1 atom stereocenters. The first-order valence-corrected chi connectivity index (χ1v) is 12.3. The molecule has 2 aliphatic rings. The number of hydrogen-bond acceptors (Lipinski definition) is 4. The van der Waals surface area contributed by atoms with Crippen molar-refractivity contribution in [3.8, 4) is 0 Å². The van der Waals surface area contributed by atoms with Crippen LogP contribution in [0, 0.1) is 17.6 Å². The number of benzene rings is 2. The zero-order valence-corrected chi connectivity index (χ0v) is 20.7. The van der Waals surface area contributed by atoms with Crippen LogP contribution in [0.1, 0.15) is 35.2 Å². The lowest BCUT2D eigenvalue weighted by Gasteiger charge is -2.41. The Morgan fingerprint density at radius 3 is 2.44 bits per heavy atom. The lowest BCUT2D eigenvalue weighted by Crippen LogP contribution is -2.57. The number of carbonyl (C=O) groups is 3. The second kappa shape index (κ2) is 10.7. The fourth-order valence-electron chi connectivity index (χ4n) is 5.19. The molecule has 9 heteroatoms. The van der Waals surface area contributed by atoms with Crippen LogP contribution >= 0.6 is 0 Å². The molecular formula is C27H32F2N4O3. The average Bonchev–Trinajstić information content (AvgIpc) is 3.12. The van der Waals surface area contributed by atoms with Crippen LogP contribution in [0.5, 0.6) is 0 Å². The van der Waals surface area contributed by atoms with Gasteiger partial charge >= 0.3 is 6.03 Å². The van der Waals surface area contributed by atoms with E-state index in [4.69, 9.17) is 0 Å². The van der Waals surface area contributed by atoms with Gasteiger partial charge in [-0.3, -0.25) is 14.5 Å². The van der Waals surface area contributed by atoms with Gasteiger partial charge in [0.25, 0.3) is 11.8 Å². The first kappa shape index (κ1) is 25.8. The minimum Gasteiger partial charge on any atom is -0.339 e. The maximum absolute atomic E-state index is 14.2. The number of urea groups is 1. The molecule has 2 heterocycles. The number of likely N-dealkylation sites (N-methyl/N-ethyl adjacent to an activating group) is 1. The van der Waals surface area contributed by atoms with Crippen LogP contribution in [0.3, 0.4) is 0 Å². The highest BCUT2D eigenvalue weighted by Gasteiger charge is 2.55. The van der Waals surface area contributed by atoms with E-state index in [1.165, 1.54) is 9.80 Å². The van der Waals surface area contributed by atoms with Gasteiger partial charge in [-0.15, -0.1) is 0 Å². The highest BCUT2D eigenvalue weighted by molar-refractivity contribution is 6.07. The molecule has 0 radical (unpaired) electrons. The fraction of sp³-hybridized carbons (Fsp3) is 0.444. The van der Waals surface area contributed by atoms with Crippen LogP contribution in [-0.4, -0.2) is 78.4 Å². The van der Waals surface area contributed by atoms with Gasteiger partial charge in [0.1, 0.15) is 17.2 Å². The monoisotopic (exact) mass is 498 g/mol. The summed E-state index contributed by atoms with van der Waals surface area (Å²) in [4.78, 5) is 44.3. The van der Waals surface area contributed by atoms with Crippen molar-refractivity contribution in [2.45, 2.75) is 31.2 Å². The van der Waals surface area contributed by atoms with Crippen LogP contribution in [0.15, 0.2) is 48.5 Å². The molecule has 2 aromatic rings. The molecule has 0 saturated carbocycles. The molecule has 0 aromatic heterocycles. The molecule has 0 bridgehead atoms. The van der Waals surface area contributed by atoms with E-state index >= 15 is 0 Å². The van der Waals surface area contributed by atoms with Crippen molar-refractivity contribution in [2.75, 3.05) is 40.3 Å². The van der Waals surface area contributed by atoms with Gasteiger partial charge in [0.15, 0.2) is 0 Å². The van der Waals surface area contributed by atoms with Crippen molar-refractivity contribution in [3.63, 3.8) is 0 Å². The summed E-state index contributed by atoms with van der Waals surface area (Å²) in [6, 6.07) is 12.2. The Kier molecular flexibility index (Phi) is 7.68. The zero-order chi connectivity index (χ0) is 25.9. The number of rotatable bonds is 8. The van der Waals surface area contributed by atoms with Crippen LogP contribution in [-0.2, 0) is 11.2 Å². The Labute approximate surface area is 210 Å². The maximum Gasteiger partial charge on any atom is 0.325 e. The highest BCUT2D eigenvalue weighted by atomic mass is 19.1. The SMILES string of the molecule is CN(C)CCN1C(=O)NC(CCc2ccccc2)(C2CCN(C(=O)c3cc(F)ccc3F)CC2)C1=O. The van der Waals surface area contributed by atoms with Crippen molar-refractivity contribution in [2.24, 2.45) is 5.92 Å². The molecule has 0 aliphatic carbocycles. The Morgan fingerprint density at radius 1 is 1.08 bits per heavy atom. The quantitative estimate of drug-likeness (QED) is 0.567. The molecule has 2 aliphatic heterocycles. The molecule has 1 unspecified atom stereocenters. The van der Waals surface area contributed by atoms with Crippen LogP contribution in [0.25, 0.3) is 0 Å². The van der Waals surface area contributed by atoms with Gasteiger partial charge in [-0.25, -0.2) is 13.6 Å². The molecule has 192 valence electrons. The first-order valence-electron chi connectivity index (χ1n) is 12.3. The normalized spacial score (nSPS) is 20.8. The minimum atomic E-state index is -1.07.